The highest BCUT2D eigenvalue weighted by atomic mass is 35.5. The van der Waals surface area contributed by atoms with E-state index in [-0.39, 0.29) is 5.92 Å². The van der Waals surface area contributed by atoms with Gasteiger partial charge in [0.2, 0.25) is 0 Å². The van der Waals surface area contributed by atoms with Crippen molar-refractivity contribution in [1.82, 2.24) is 0 Å². The average molecular weight is 283 g/mol. The molecule has 2 rings (SSSR count). The van der Waals surface area contributed by atoms with Crippen LogP contribution in [0.2, 0.25) is 5.02 Å². The summed E-state index contributed by atoms with van der Waals surface area (Å²) in [5.41, 5.74) is 0.834. The van der Waals surface area contributed by atoms with E-state index >= 15 is 0 Å². The maximum atomic E-state index is 12.6. The van der Waals surface area contributed by atoms with Crippen LogP contribution in [0.15, 0.2) is 23.1 Å². The van der Waals surface area contributed by atoms with Gasteiger partial charge in [-0.3, -0.25) is 4.79 Å². The predicted molar refractivity (Wildman–Crippen MR) is 78.8 cm³/mol. The molecule has 0 atom stereocenters. The van der Waals surface area contributed by atoms with E-state index in [2.05, 4.69) is 6.92 Å². The number of carbonyl (C=O) groups excluding carboxylic acids is 1. The molecule has 1 nitrogen and oxygen atoms in total. The quantitative estimate of drug-likeness (QED) is 0.557. The summed E-state index contributed by atoms with van der Waals surface area (Å²) >= 11 is 7.76. The first-order valence-electron chi connectivity index (χ1n) is 6.69. The lowest BCUT2D eigenvalue weighted by Crippen LogP contribution is -2.18. The highest BCUT2D eigenvalue weighted by Crippen LogP contribution is 2.32. The molecule has 0 aliphatic heterocycles. The number of ketones is 1. The summed E-state index contributed by atoms with van der Waals surface area (Å²) in [5.74, 6) is 1.49. The van der Waals surface area contributed by atoms with Gasteiger partial charge in [0.15, 0.2) is 5.78 Å². The Balaban J connectivity index is 2.24. The first kappa shape index (κ1) is 14.0. The third-order valence-electron chi connectivity index (χ3n) is 3.48. The lowest BCUT2D eigenvalue weighted by molar-refractivity contribution is 0.0886. The molecular weight excluding hydrogens is 264 g/mol. The second-order valence-corrected chi connectivity index (χ2v) is 6.51. The molecule has 18 heavy (non-hydrogen) atoms. The van der Waals surface area contributed by atoms with E-state index in [1.807, 2.05) is 18.2 Å². The van der Waals surface area contributed by atoms with Crippen molar-refractivity contribution in [2.75, 3.05) is 5.75 Å². The number of hydrogen-bond acceptors (Lipinski definition) is 2. The second-order valence-electron chi connectivity index (χ2n) is 4.77. The third kappa shape index (κ3) is 3.30. The van der Waals surface area contributed by atoms with Crippen LogP contribution in [-0.4, -0.2) is 11.5 Å². The minimum atomic E-state index is 0.216. The maximum Gasteiger partial charge on any atom is 0.167 e. The van der Waals surface area contributed by atoms with E-state index in [9.17, 15) is 4.79 Å². The molecule has 98 valence electrons. The second kappa shape index (κ2) is 6.63. The van der Waals surface area contributed by atoms with Gasteiger partial charge < -0.3 is 0 Å². The van der Waals surface area contributed by atoms with Gasteiger partial charge in [-0.25, -0.2) is 0 Å². The molecule has 0 radical (unpaired) electrons. The molecule has 1 saturated carbocycles. The van der Waals surface area contributed by atoms with Crippen molar-refractivity contribution in [2.45, 2.75) is 43.9 Å². The number of Topliss-reactive ketones (excluding diaryl/α,β-unsaturated/α-hetero) is 1. The fourth-order valence-electron chi connectivity index (χ4n) is 2.56. The molecule has 0 N–H and O–H groups in total. The van der Waals surface area contributed by atoms with Gasteiger partial charge in [-0.2, -0.15) is 0 Å². The lowest BCUT2D eigenvalue weighted by atomic mass is 9.84. The third-order valence-corrected chi connectivity index (χ3v) is 4.67. The van der Waals surface area contributed by atoms with Crippen LogP contribution in [0.5, 0.6) is 0 Å². The number of benzene rings is 1. The van der Waals surface area contributed by atoms with Crippen LogP contribution in [-0.2, 0) is 0 Å². The Morgan fingerprint density at radius 1 is 1.33 bits per heavy atom. The molecule has 0 aromatic heterocycles. The summed E-state index contributed by atoms with van der Waals surface area (Å²) in [7, 11) is 0. The van der Waals surface area contributed by atoms with Crippen molar-refractivity contribution in [3.8, 4) is 0 Å². The smallest absolute Gasteiger partial charge is 0.167 e. The van der Waals surface area contributed by atoms with Gasteiger partial charge in [-0.1, -0.05) is 37.8 Å². The molecule has 0 bridgehead atoms. The molecule has 0 amide bonds. The summed E-state index contributed by atoms with van der Waals surface area (Å²) in [5, 5.41) is 0.662. The number of thioether (sulfide) groups is 1. The Morgan fingerprint density at radius 2 is 2.06 bits per heavy atom. The van der Waals surface area contributed by atoms with Gasteiger partial charge in [0, 0.05) is 21.4 Å². The van der Waals surface area contributed by atoms with E-state index in [0.29, 0.717) is 10.8 Å². The van der Waals surface area contributed by atoms with Gasteiger partial charge in [0.25, 0.3) is 0 Å². The Morgan fingerprint density at radius 3 is 2.72 bits per heavy atom. The van der Waals surface area contributed by atoms with Crippen LogP contribution in [0.4, 0.5) is 0 Å². The molecule has 1 aromatic rings. The summed E-state index contributed by atoms with van der Waals surface area (Å²) in [6.45, 7) is 2.11. The Hall–Kier alpha value is -0.470. The van der Waals surface area contributed by atoms with Crippen LogP contribution in [0.25, 0.3) is 0 Å². The zero-order chi connectivity index (χ0) is 13.0. The Bertz CT molecular complexity index is 425. The zero-order valence-corrected chi connectivity index (χ0v) is 12.3. The average Bonchev–Trinajstić information content (AvgIpc) is 2.41. The topological polar surface area (TPSA) is 17.1 Å². The molecule has 0 saturated heterocycles. The van der Waals surface area contributed by atoms with Crippen LogP contribution >= 0.6 is 23.4 Å². The normalized spacial score (nSPS) is 16.8. The van der Waals surface area contributed by atoms with Gasteiger partial charge in [0.1, 0.15) is 0 Å². The summed E-state index contributed by atoms with van der Waals surface area (Å²) in [4.78, 5) is 13.7. The molecule has 0 spiro atoms. The predicted octanol–water partition coefficient (Wildman–Crippen LogP) is 5.22. The van der Waals surface area contributed by atoms with Crippen molar-refractivity contribution < 1.29 is 4.79 Å². The van der Waals surface area contributed by atoms with Crippen molar-refractivity contribution >= 4 is 29.1 Å². The first-order chi connectivity index (χ1) is 8.72. The molecule has 1 aromatic carbocycles. The molecule has 0 heterocycles. The largest absolute Gasteiger partial charge is 0.294 e. The van der Waals surface area contributed by atoms with E-state index < -0.39 is 0 Å². The number of carbonyl (C=O) groups is 1. The fraction of sp³-hybridized carbons (Fsp3) is 0.533. The molecule has 1 fully saturated rings. The monoisotopic (exact) mass is 282 g/mol. The minimum absolute atomic E-state index is 0.216. The molecule has 1 aliphatic carbocycles. The number of hydrogen-bond donors (Lipinski definition) is 0. The summed E-state index contributed by atoms with van der Waals surface area (Å²) in [6, 6.07) is 5.69. The standard InChI is InChI=1S/C15H19ClOS/c1-2-18-14-9-8-12(16)10-13(14)15(17)11-6-4-3-5-7-11/h8-11H,2-7H2,1H3. The molecule has 1 aliphatic rings. The zero-order valence-electron chi connectivity index (χ0n) is 10.7. The van der Waals surface area contributed by atoms with Crippen LogP contribution < -0.4 is 0 Å². The van der Waals surface area contributed by atoms with E-state index in [1.165, 1.54) is 19.3 Å². The molecule has 3 heteroatoms. The van der Waals surface area contributed by atoms with Gasteiger partial charge >= 0.3 is 0 Å². The molecular formula is C15H19ClOS. The van der Waals surface area contributed by atoms with Gasteiger partial charge in [-0.05, 0) is 36.8 Å². The summed E-state index contributed by atoms with van der Waals surface area (Å²) in [6.07, 6.45) is 5.74. The first-order valence-corrected chi connectivity index (χ1v) is 8.05. The summed E-state index contributed by atoms with van der Waals surface area (Å²) < 4.78 is 0. The highest BCUT2D eigenvalue weighted by molar-refractivity contribution is 7.99. The van der Waals surface area contributed by atoms with Gasteiger partial charge in [-0.15, -0.1) is 11.8 Å². The number of rotatable bonds is 4. The van der Waals surface area contributed by atoms with E-state index in [1.54, 1.807) is 11.8 Å². The number of halogens is 1. The Kier molecular flexibility index (Phi) is 5.13. The fourth-order valence-corrected chi connectivity index (χ4v) is 3.52. The Labute approximate surface area is 118 Å². The van der Waals surface area contributed by atoms with Crippen molar-refractivity contribution in [2.24, 2.45) is 5.92 Å². The lowest BCUT2D eigenvalue weighted by Gasteiger charge is -2.21. The van der Waals surface area contributed by atoms with Crippen molar-refractivity contribution in [3.63, 3.8) is 0 Å². The van der Waals surface area contributed by atoms with Crippen molar-refractivity contribution in [3.05, 3.63) is 28.8 Å². The van der Waals surface area contributed by atoms with Crippen LogP contribution in [0, 0.1) is 5.92 Å². The maximum absolute atomic E-state index is 12.6. The van der Waals surface area contributed by atoms with Gasteiger partial charge in [0.05, 0.1) is 0 Å². The van der Waals surface area contributed by atoms with E-state index in [0.717, 1.165) is 29.1 Å². The van der Waals surface area contributed by atoms with Crippen LogP contribution in [0.3, 0.4) is 0 Å². The highest BCUT2D eigenvalue weighted by Gasteiger charge is 2.24. The minimum Gasteiger partial charge on any atom is -0.294 e. The van der Waals surface area contributed by atoms with Crippen LogP contribution in [0.1, 0.15) is 49.4 Å². The SMILES string of the molecule is CCSc1ccc(Cl)cc1C(=O)C1CCCCC1. The molecule has 0 unspecified atom stereocenters. The van der Waals surface area contributed by atoms with E-state index in [4.69, 9.17) is 11.6 Å². The van der Waals surface area contributed by atoms with Crippen molar-refractivity contribution in [1.29, 1.82) is 0 Å².